The van der Waals surface area contributed by atoms with Gasteiger partial charge in [0.2, 0.25) is 0 Å². The van der Waals surface area contributed by atoms with Gasteiger partial charge in [-0.25, -0.2) is 4.39 Å². The molecule has 0 aromatic heterocycles. The molecule has 0 unspecified atom stereocenters. The van der Waals surface area contributed by atoms with Crippen molar-refractivity contribution in [2.24, 2.45) is 0 Å². The summed E-state index contributed by atoms with van der Waals surface area (Å²) in [7, 11) is 0. The lowest BCUT2D eigenvalue weighted by Gasteiger charge is -2.23. The normalized spacial score (nSPS) is 11.3. The molecule has 1 N–H and O–H groups in total. The Morgan fingerprint density at radius 1 is 1.33 bits per heavy atom. The minimum absolute atomic E-state index is 0.237. The van der Waals surface area contributed by atoms with Gasteiger partial charge in [-0.2, -0.15) is 0 Å². The van der Waals surface area contributed by atoms with Gasteiger partial charge < -0.3 is 10.1 Å². The number of hydrogen-bond donors (Lipinski definition) is 1. The molecular formula is C14H20FNO2. The van der Waals surface area contributed by atoms with Crippen LogP contribution in [0.15, 0.2) is 24.3 Å². The molecule has 0 aliphatic rings. The van der Waals surface area contributed by atoms with E-state index in [-0.39, 0.29) is 11.8 Å². The summed E-state index contributed by atoms with van der Waals surface area (Å²) in [5.41, 5.74) is 0.333. The van der Waals surface area contributed by atoms with Gasteiger partial charge in [0, 0.05) is 6.54 Å². The van der Waals surface area contributed by atoms with E-state index in [1.54, 1.807) is 32.9 Å². The van der Waals surface area contributed by atoms with Gasteiger partial charge in [0.15, 0.2) is 0 Å². The molecule has 0 atom stereocenters. The van der Waals surface area contributed by atoms with Crippen molar-refractivity contribution >= 4 is 5.97 Å². The standard InChI is InChI=1S/C14H20FNO2/c1-4-18-13(17)14(2,3)16-10-9-11-5-7-12(15)8-6-11/h5-8,16H,4,9-10H2,1-3H3. The van der Waals surface area contributed by atoms with Crippen molar-refractivity contribution in [3.05, 3.63) is 35.6 Å². The molecule has 0 amide bonds. The number of carbonyl (C=O) groups excluding carboxylic acids is 1. The monoisotopic (exact) mass is 253 g/mol. The first-order chi connectivity index (χ1) is 8.45. The van der Waals surface area contributed by atoms with Crippen LogP contribution in [0, 0.1) is 5.82 Å². The second-order valence-electron chi connectivity index (χ2n) is 4.65. The van der Waals surface area contributed by atoms with Crippen molar-refractivity contribution in [2.45, 2.75) is 32.7 Å². The largest absolute Gasteiger partial charge is 0.465 e. The van der Waals surface area contributed by atoms with Crippen LogP contribution >= 0.6 is 0 Å². The van der Waals surface area contributed by atoms with Gasteiger partial charge >= 0.3 is 5.97 Å². The zero-order valence-electron chi connectivity index (χ0n) is 11.1. The van der Waals surface area contributed by atoms with Crippen LogP contribution in [-0.4, -0.2) is 24.7 Å². The molecular weight excluding hydrogens is 233 g/mol. The Kier molecular flexibility index (Phi) is 5.28. The van der Waals surface area contributed by atoms with E-state index >= 15 is 0 Å². The van der Waals surface area contributed by atoms with E-state index < -0.39 is 5.54 Å². The van der Waals surface area contributed by atoms with Crippen LogP contribution < -0.4 is 5.32 Å². The Morgan fingerprint density at radius 3 is 2.50 bits per heavy atom. The first-order valence-corrected chi connectivity index (χ1v) is 6.12. The van der Waals surface area contributed by atoms with Gasteiger partial charge in [0.05, 0.1) is 6.61 Å². The molecule has 0 fully saturated rings. The summed E-state index contributed by atoms with van der Waals surface area (Å²) < 4.78 is 17.7. The molecule has 0 aliphatic heterocycles. The molecule has 100 valence electrons. The van der Waals surface area contributed by atoms with Crippen LogP contribution in [-0.2, 0) is 16.0 Å². The fraction of sp³-hybridized carbons (Fsp3) is 0.500. The molecule has 0 aliphatic carbocycles. The van der Waals surface area contributed by atoms with E-state index in [1.165, 1.54) is 12.1 Å². The van der Waals surface area contributed by atoms with E-state index in [2.05, 4.69) is 5.32 Å². The summed E-state index contributed by atoms with van der Waals surface area (Å²) >= 11 is 0. The van der Waals surface area contributed by atoms with Crippen LogP contribution in [0.5, 0.6) is 0 Å². The molecule has 0 saturated carbocycles. The number of halogens is 1. The summed E-state index contributed by atoms with van der Waals surface area (Å²) in [6.07, 6.45) is 0.739. The number of esters is 1. The lowest BCUT2D eigenvalue weighted by molar-refractivity contribution is -0.149. The van der Waals surface area contributed by atoms with Crippen molar-refractivity contribution in [3.8, 4) is 0 Å². The highest BCUT2D eigenvalue weighted by Gasteiger charge is 2.27. The highest BCUT2D eigenvalue weighted by atomic mass is 19.1. The number of nitrogens with one attached hydrogen (secondary N) is 1. The van der Waals surface area contributed by atoms with Gasteiger partial charge in [-0.1, -0.05) is 12.1 Å². The topological polar surface area (TPSA) is 38.3 Å². The predicted octanol–water partition coefficient (Wildman–Crippen LogP) is 2.30. The SMILES string of the molecule is CCOC(=O)C(C)(C)NCCc1ccc(F)cc1. The van der Waals surface area contributed by atoms with Crippen LogP contribution in [0.25, 0.3) is 0 Å². The molecule has 0 radical (unpaired) electrons. The summed E-state index contributed by atoms with van der Waals surface area (Å²) in [5.74, 6) is -0.498. The van der Waals surface area contributed by atoms with Crippen molar-refractivity contribution in [1.82, 2.24) is 5.32 Å². The zero-order valence-corrected chi connectivity index (χ0v) is 11.1. The number of rotatable bonds is 6. The Bertz CT molecular complexity index is 387. The second-order valence-corrected chi connectivity index (χ2v) is 4.65. The van der Waals surface area contributed by atoms with Crippen molar-refractivity contribution < 1.29 is 13.9 Å². The second kappa shape index (κ2) is 6.50. The molecule has 0 spiro atoms. The van der Waals surface area contributed by atoms with E-state index in [4.69, 9.17) is 4.74 Å². The maximum Gasteiger partial charge on any atom is 0.325 e. The minimum atomic E-state index is -0.698. The predicted molar refractivity (Wildman–Crippen MR) is 68.8 cm³/mol. The smallest absolute Gasteiger partial charge is 0.325 e. The van der Waals surface area contributed by atoms with Gasteiger partial charge in [0.25, 0.3) is 0 Å². The fourth-order valence-electron chi connectivity index (χ4n) is 1.55. The Balaban J connectivity index is 2.41. The Labute approximate surface area is 107 Å². The number of hydrogen-bond acceptors (Lipinski definition) is 3. The third-order valence-corrected chi connectivity index (χ3v) is 2.68. The molecule has 3 nitrogen and oxygen atoms in total. The molecule has 1 aromatic carbocycles. The van der Waals surface area contributed by atoms with Crippen LogP contribution in [0.3, 0.4) is 0 Å². The van der Waals surface area contributed by atoms with E-state index in [0.717, 1.165) is 12.0 Å². The third kappa shape index (κ3) is 4.45. The summed E-state index contributed by atoms with van der Waals surface area (Å²) in [6, 6.07) is 6.36. The number of benzene rings is 1. The maximum absolute atomic E-state index is 12.7. The van der Waals surface area contributed by atoms with Gasteiger partial charge in [0.1, 0.15) is 11.4 Å². The average molecular weight is 253 g/mol. The average Bonchev–Trinajstić information content (AvgIpc) is 2.32. The number of carbonyl (C=O) groups is 1. The van der Waals surface area contributed by atoms with Crippen LogP contribution in [0.4, 0.5) is 4.39 Å². The first-order valence-electron chi connectivity index (χ1n) is 6.12. The minimum Gasteiger partial charge on any atom is -0.465 e. The zero-order chi connectivity index (χ0) is 13.6. The molecule has 4 heteroatoms. The Morgan fingerprint density at radius 2 is 1.94 bits per heavy atom. The van der Waals surface area contributed by atoms with Crippen LogP contribution in [0.1, 0.15) is 26.3 Å². The molecule has 1 aromatic rings. The molecule has 0 heterocycles. The fourth-order valence-corrected chi connectivity index (χ4v) is 1.55. The quantitative estimate of drug-likeness (QED) is 0.791. The lowest BCUT2D eigenvalue weighted by atomic mass is 10.1. The van der Waals surface area contributed by atoms with Crippen molar-refractivity contribution in [3.63, 3.8) is 0 Å². The summed E-state index contributed by atoms with van der Waals surface area (Å²) in [6.45, 7) is 6.37. The van der Waals surface area contributed by atoms with Crippen LogP contribution in [0.2, 0.25) is 0 Å². The first kappa shape index (κ1) is 14.6. The van der Waals surface area contributed by atoms with E-state index in [0.29, 0.717) is 13.2 Å². The number of ether oxygens (including phenoxy) is 1. The van der Waals surface area contributed by atoms with Gasteiger partial charge in [-0.3, -0.25) is 4.79 Å². The van der Waals surface area contributed by atoms with Gasteiger partial charge in [-0.05, 0) is 44.9 Å². The van der Waals surface area contributed by atoms with Crippen molar-refractivity contribution in [1.29, 1.82) is 0 Å². The third-order valence-electron chi connectivity index (χ3n) is 2.68. The highest BCUT2D eigenvalue weighted by molar-refractivity contribution is 5.79. The van der Waals surface area contributed by atoms with E-state index in [1.807, 2.05) is 0 Å². The molecule has 0 bridgehead atoms. The van der Waals surface area contributed by atoms with E-state index in [9.17, 15) is 9.18 Å². The van der Waals surface area contributed by atoms with Gasteiger partial charge in [-0.15, -0.1) is 0 Å². The lowest BCUT2D eigenvalue weighted by Crippen LogP contribution is -2.48. The Hall–Kier alpha value is -1.42. The molecule has 18 heavy (non-hydrogen) atoms. The molecule has 1 rings (SSSR count). The molecule has 0 saturated heterocycles. The summed E-state index contributed by atoms with van der Waals surface area (Å²) in [5, 5.41) is 3.14. The van der Waals surface area contributed by atoms with Crippen molar-refractivity contribution in [2.75, 3.05) is 13.2 Å². The highest BCUT2D eigenvalue weighted by Crippen LogP contribution is 2.07. The maximum atomic E-state index is 12.7. The summed E-state index contributed by atoms with van der Waals surface area (Å²) in [4.78, 5) is 11.6.